The summed E-state index contributed by atoms with van der Waals surface area (Å²) in [6, 6.07) is 0. The van der Waals surface area contributed by atoms with Crippen molar-refractivity contribution in [1.82, 2.24) is 0 Å². The van der Waals surface area contributed by atoms with Gasteiger partial charge in [-0.2, -0.15) is 0 Å². The molecule has 5 aliphatic rings. The smallest absolute Gasteiger partial charge is 0.126 e. The summed E-state index contributed by atoms with van der Waals surface area (Å²) in [5.41, 5.74) is 0.945. The fourth-order valence-electron chi connectivity index (χ4n) is 10.2. The standard InChI is InChI=1S/C27H44O2/c1-24(2)16-18-9-13-26(4)20-10-15-27(17-28)12-5-6-21(27)19(20)7-8-22(26)25(18,3)14-11-23(24)29/h17-23,29H,5-16H2,1-4H3. The van der Waals surface area contributed by atoms with Gasteiger partial charge in [0.05, 0.1) is 6.10 Å². The van der Waals surface area contributed by atoms with Gasteiger partial charge in [-0.15, -0.1) is 0 Å². The van der Waals surface area contributed by atoms with E-state index in [9.17, 15) is 9.90 Å². The number of carbonyl (C=O) groups is 1. The number of rotatable bonds is 1. The average Bonchev–Trinajstić information content (AvgIpc) is 3.10. The molecule has 0 spiro atoms. The third-order valence-electron chi connectivity index (χ3n) is 11.9. The summed E-state index contributed by atoms with van der Waals surface area (Å²) >= 11 is 0. The van der Waals surface area contributed by atoms with E-state index >= 15 is 0 Å². The van der Waals surface area contributed by atoms with Crippen LogP contribution in [0, 0.1) is 51.2 Å². The van der Waals surface area contributed by atoms with Crippen molar-refractivity contribution >= 4 is 6.29 Å². The lowest BCUT2D eigenvalue weighted by atomic mass is 9.39. The van der Waals surface area contributed by atoms with Gasteiger partial charge in [-0.25, -0.2) is 0 Å². The molecule has 0 radical (unpaired) electrons. The molecule has 5 saturated carbocycles. The molecule has 0 saturated heterocycles. The minimum Gasteiger partial charge on any atom is -0.393 e. The van der Waals surface area contributed by atoms with E-state index in [4.69, 9.17) is 0 Å². The topological polar surface area (TPSA) is 37.3 Å². The van der Waals surface area contributed by atoms with Crippen LogP contribution in [-0.2, 0) is 4.79 Å². The SMILES string of the molecule is CC1(C)CC2CCC3(C)C4CCC5(C=O)CCCC5C4CCC3C2(C)CCC1O. The first-order chi connectivity index (χ1) is 13.7. The number of aldehydes is 1. The van der Waals surface area contributed by atoms with E-state index in [-0.39, 0.29) is 16.9 Å². The fourth-order valence-corrected chi connectivity index (χ4v) is 10.2. The Morgan fingerprint density at radius 2 is 1.55 bits per heavy atom. The number of aliphatic hydroxyl groups excluding tert-OH is 1. The minimum atomic E-state index is -0.145. The zero-order chi connectivity index (χ0) is 20.7. The van der Waals surface area contributed by atoms with Gasteiger partial charge in [0, 0.05) is 5.41 Å². The van der Waals surface area contributed by atoms with E-state index in [1.165, 1.54) is 64.1 Å². The number of hydrogen-bond acceptors (Lipinski definition) is 2. The summed E-state index contributed by atoms with van der Waals surface area (Å²) in [6.07, 6.45) is 16.3. The van der Waals surface area contributed by atoms with Crippen LogP contribution in [0.2, 0.25) is 0 Å². The van der Waals surface area contributed by atoms with Crippen LogP contribution in [0.5, 0.6) is 0 Å². The molecule has 9 atom stereocenters. The first-order valence-electron chi connectivity index (χ1n) is 12.8. The second kappa shape index (κ2) is 6.57. The normalized spacial score (nSPS) is 56.3. The number of hydrogen-bond donors (Lipinski definition) is 1. The van der Waals surface area contributed by atoms with Crippen LogP contribution in [-0.4, -0.2) is 17.5 Å². The third-order valence-corrected chi connectivity index (χ3v) is 11.9. The van der Waals surface area contributed by atoms with Gasteiger partial charge in [-0.1, -0.05) is 34.1 Å². The lowest BCUT2D eigenvalue weighted by Gasteiger charge is -2.65. The predicted octanol–water partition coefficient (Wildman–Crippen LogP) is 6.40. The fraction of sp³-hybridized carbons (Fsp3) is 0.963. The summed E-state index contributed by atoms with van der Waals surface area (Å²) in [7, 11) is 0. The van der Waals surface area contributed by atoms with Gasteiger partial charge in [-0.3, -0.25) is 0 Å². The first-order valence-corrected chi connectivity index (χ1v) is 12.8. The van der Waals surface area contributed by atoms with E-state index in [0.29, 0.717) is 16.7 Å². The van der Waals surface area contributed by atoms with E-state index in [1.807, 2.05) is 0 Å². The molecule has 5 fully saturated rings. The maximum absolute atomic E-state index is 12.1. The average molecular weight is 401 g/mol. The molecule has 0 aromatic carbocycles. The Balaban J connectivity index is 1.46. The molecule has 2 heteroatoms. The first kappa shape index (κ1) is 20.5. The van der Waals surface area contributed by atoms with Gasteiger partial charge in [0.2, 0.25) is 0 Å². The van der Waals surface area contributed by atoms with Gasteiger partial charge in [0.25, 0.3) is 0 Å². The molecule has 5 rings (SSSR count). The van der Waals surface area contributed by atoms with Crippen LogP contribution >= 0.6 is 0 Å². The van der Waals surface area contributed by atoms with Crippen LogP contribution in [0.1, 0.15) is 105 Å². The summed E-state index contributed by atoms with van der Waals surface area (Å²) in [4.78, 5) is 12.1. The molecular formula is C27H44O2. The van der Waals surface area contributed by atoms with Crippen LogP contribution in [0.3, 0.4) is 0 Å². The highest BCUT2D eigenvalue weighted by Gasteiger charge is 2.64. The largest absolute Gasteiger partial charge is 0.393 e. The van der Waals surface area contributed by atoms with Crippen molar-refractivity contribution in [1.29, 1.82) is 0 Å². The van der Waals surface area contributed by atoms with Gasteiger partial charge < -0.3 is 9.90 Å². The minimum absolute atomic E-state index is 0.0436. The van der Waals surface area contributed by atoms with Crippen molar-refractivity contribution in [3.8, 4) is 0 Å². The Morgan fingerprint density at radius 1 is 0.793 bits per heavy atom. The quantitative estimate of drug-likeness (QED) is 0.517. The molecular weight excluding hydrogens is 356 g/mol. The lowest BCUT2D eigenvalue weighted by molar-refractivity contribution is -0.169. The molecule has 29 heavy (non-hydrogen) atoms. The molecule has 1 N–H and O–H groups in total. The Bertz CT molecular complexity index is 669. The predicted molar refractivity (Wildman–Crippen MR) is 117 cm³/mol. The molecule has 0 heterocycles. The van der Waals surface area contributed by atoms with Crippen LogP contribution < -0.4 is 0 Å². The zero-order valence-corrected chi connectivity index (χ0v) is 19.4. The maximum Gasteiger partial charge on any atom is 0.126 e. The van der Waals surface area contributed by atoms with Gasteiger partial charge in [0.1, 0.15) is 6.29 Å². The molecule has 5 aliphatic carbocycles. The van der Waals surface area contributed by atoms with Crippen LogP contribution in [0.15, 0.2) is 0 Å². The van der Waals surface area contributed by atoms with Crippen molar-refractivity contribution in [3.63, 3.8) is 0 Å². The Labute approximate surface area is 178 Å². The highest BCUT2D eigenvalue weighted by molar-refractivity contribution is 5.61. The third kappa shape index (κ3) is 2.72. The van der Waals surface area contributed by atoms with E-state index in [1.54, 1.807) is 0 Å². The Kier molecular flexibility index (Phi) is 4.65. The lowest BCUT2D eigenvalue weighted by Crippen LogP contribution is -2.58. The van der Waals surface area contributed by atoms with Gasteiger partial charge in [-0.05, 0) is 116 Å². The van der Waals surface area contributed by atoms with Crippen LogP contribution in [0.25, 0.3) is 0 Å². The molecule has 0 bridgehead atoms. The molecule has 0 aromatic rings. The highest BCUT2D eigenvalue weighted by atomic mass is 16.3. The second-order valence-electron chi connectivity index (χ2n) is 13.3. The molecule has 0 aliphatic heterocycles. The van der Waals surface area contributed by atoms with Gasteiger partial charge >= 0.3 is 0 Å². The summed E-state index contributed by atoms with van der Waals surface area (Å²) in [5.74, 6) is 3.88. The molecule has 9 unspecified atom stereocenters. The zero-order valence-electron chi connectivity index (χ0n) is 19.4. The Hall–Kier alpha value is -0.370. The van der Waals surface area contributed by atoms with Crippen molar-refractivity contribution < 1.29 is 9.90 Å². The maximum atomic E-state index is 12.1. The molecule has 2 nitrogen and oxygen atoms in total. The number of fused-ring (bicyclic) bond motifs is 7. The monoisotopic (exact) mass is 400 g/mol. The second-order valence-corrected chi connectivity index (χ2v) is 13.3. The van der Waals surface area contributed by atoms with E-state index < -0.39 is 0 Å². The van der Waals surface area contributed by atoms with E-state index in [2.05, 4.69) is 27.7 Å². The molecule has 0 amide bonds. The van der Waals surface area contributed by atoms with E-state index in [0.717, 1.165) is 42.9 Å². The number of carbonyl (C=O) groups excluding carboxylic acids is 1. The van der Waals surface area contributed by atoms with Crippen molar-refractivity contribution in [2.24, 2.45) is 51.2 Å². The van der Waals surface area contributed by atoms with Crippen molar-refractivity contribution in [3.05, 3.63) is 0 Å². The van der Waals surface area contributed by atoms with Crippen molar-refractivity contribution in [2.45, 2.75) is 111 Å². The summed E-state index contributed by atoms with van der Waals surface area (Å²) in [5, 5.41) is 10.9. The van der Waals surface area contributed by atoms with Gasteiger partial charge in [0.15, 0.2) is 0 Å². The highest BCUT2D eigenvalue weighted by Crippen LogP contribution is 2.71. The Morgan fingerprint density at radius 3 is 2.31 bits per heavy atom. The molecule has 164 valence electrons. The van der Waals surface area contributed by atoms with Crippen LogP contribution in [0.4, 0.5) is 0 Å². The number of aliphatic hydroxyl groups is 1. The van der Waals surface area contributed by atoms with Crippen molar-refractivity contribution in [2.75, 3.05) is 0 Å². The summed E-state index contributed by atoms with van der Waals surface area (Å²) < 4.78 is 0. The molecule has 0 aromatic heterocycles. The summed E-state index contributed by atoms with van der Waals surface area (Å²) in [6.45, 7) is 9.87.